The zero-order chi connectivity index (χ0) is 13.0. The van der Waals surface area contributed by atoms with Crippen molar-refractivity contribution < 1.29 is 19.1 Å². The van der Waals surface area contributed by atoms with Crippen LogP contribution in [-0.2, 0) is 9.47 Å². The number of hydrogen-bond donors (Lipinski definition) is 0. The van der Waals surface area contributed by atoms with E-state index in [0.717, 1.165) is 0 Å². The van der Waals surface area contributed by atoms with Gasteiger partial charge in [0, 0.05) is 7.05 Å². The zero-order valence-corrected chi connectivity index (χ0v) is 10.4. The molecule has 1 aromatic rings. The van der Waals surface area contributed by atoms with Crippen molar-refractivity contribution in [3.63, 3.8) is 0 Å². The molecular weight excluding hydrogens is 246 g/mol. The third-order valence-corrected chi connectivity index (χ3v) is 2.48. The van der Waals surface area contributed by atoms with Crippen molar-refractivity contribution in [2.45, 2.75) is 0 Å². The number of methoxy groups -OCH3 is 2. The first-order valence-corrected chi connectivity index (χ1v) is 5.08. The third-order valence-electron chi connectivity index (χ3n) is 2.18. The summed E-state index contributed by atoms with van der Waals surface area (Å²) in [5.74, 6) is -0.487. The number of anilines is 1. The summed E-state index contributed by atoms with van der Waals surface area (Å²) in [5, 5.41) is 0.265. The first-order valence-electron chi connectivity index (χ1n) is 4.70. The monoisotopic (exact) mass is 257 g/mol. The number of carbonyl (C=O) groups is 2. The van der Waals surface area contributed by atoms with Crippen molar-refractivity contribution >= 4 is 29.4 Å². The van der Waals surface area contributed by atoms with Gasteiger partial charge >= 0.3 is 12.1 Å². The molecule has 17 heavy (non-hydrogen) atoms. The van der Waals surface area contributed by atoms with E-state index in [1.807, 2.05) is 0 Å². The second-order valence-electron chi connectivity index (χ2n) is 3.19. The second-order valence-corrected chi connectivity index (χ2v) is 3.59. The number of rotatable bonds is 2. The summed E-state index contributed by atoms with van der Waals surface area (Å²) in [4.78, 5) is 23.8. The van der Waals surface area contributed by atoms with Gasteiger partial charge in [-0.25, -0.2) is 9.59 Å². The standard InChI is InChI=1S/C11H12ClNO4/c1-13(11(15)17-3)9-5-4-7(6-8(9)12)10(14)16-2/h4-6H,1-3H3. The van der Waals surface area contributed by atoms with Crippen LogP contribution < -0.4 is 4.90 Å². The van der Waals surface area contributed by atoms with Crippen molar-refractivity contribution in [3.05, 3.63) is 28.8 Å². The molecular formula is C11H12ClNO4. The Morgan fingerprint density at radius 1 is 1.24 bits per heavy atom. The van der Waals surface area contributed by atoms with Crippen LogP contribution >= 0.6 is 11.6 Å². The second kappa shape index (κ2) is 5.54. The van der Waals surface area contributed by atoms with E-state index in [9.17, 15) is 9.59 Å². The Morgan fingerprint density at radius 2 is 1.88 bits per heavy atom. The maximum absolute atomic E-state index is 11.3. The van der Waals surface area contributed by atoms with E-state index in [2.05, 4.69) is 9.47 Å². The first kappa shape index (κ1) is 13.3. The molecule has 6 heteroatoms. The van der Waals surface area contributed by atoms with Gasteiger partial charge in [0.05, 0.1) is 30.5 Å². The number of nitrogens with zero attached hydrogens (tertiary/aromatic N) is 1. The summed E-state index contributed by atoms with van der Waals surface area (Å²) in [5.41, 5.74) is 0.769. The highest BCUT2D eigenvalue weighted by atomic mass is 35.5. The summed E-state index contributed by atoms with van der Waals surface area (Å²) >= 11 is 5.97. The van der Waals surface area contributed by atoms with Crippen molar-refractivity contribution in [1.29, 1.82) is 0 Å². The molecule has 0 aliphatic rings. The quantitative estimate of drug-likeness (QED) is 0.763. The number of benzene rings is 1. The summed E-state index contributed by atoms with van der Waals surface area (Å²) in [7, 11) is 4.07. The minimum Gasteiger partial charge on any atom is -0.465 e. The lowest BCUT2D eigenvalue weighted by atomic mass is 10.2. The van der Waals surface area contributed by atoms with Crippen LogP contribution in [0, 0.1) is 0 Å². The van der Waals surface area contributed by atoms with Crippen molar-refractivity contribution in [1.82, 2.24) is 0 Å². The van der Waals surface area contributed by atoms with E-state index >= 15 is 0 Å². The highest BCUT2D eigenvalue weighted by Crippen LogP contribution is 2.26. The van der Waals surface area contributed by atoms with Gasteiger partial charge in [-0.1, -0.05) is 11.6 Å². The molecule has 0 radical (unpaired) electrons. The van der Waals surface area contributed by atoms with Crippen molar-refractivity contribution in [3.8, 4) is 0 Å². The van der Waals surface area contributed by atoms with Crippen LogP contribution in [0.1, 0.15) is 10.4 Å². The first-order chi connectivity index (χ1) is 8.01. The van der Waals surface area contributed by atoms with Crippen LogP contribution in [0.25, 0.3) is 0 Å². The molecule has 5 nitrogen and oxygen atoms in total. The van der Waals surface area contributed by atoms with Gasteiger partial charge in [-0.3, -0.25) is 4.90 Å². The molecule has 0 spiro atoms. The Labute approximate surface area is 104 Å². The van der Waals surface area contributed by atoms with Crippen LogP contribution in [0.3, 0.4) is 0 Å². The van der Waals surface area contributed by atoms with Crippen LogP contribution in [0.2, 0.25) is 5.02 Å². The fraction of sp³-hybridized carbons (Fsp3) is 0.273. The molecule has 1 rings (SSSR count). The lowest BCUT2D eigenvalue weighted by Crippen LogP contribution is -2.26. The predicted molar refractivity (Wildman–Crippen MR) is 63.6 cm³/mol. The van der Waals surface area contributed by atoms with E-state index in [-0.39, 0.29) is 5.02 Å². The molecule has 0 fully saturated rings. The molecule has 1 aromatic carbocycles. The Bertz CT molecular complexity index is 447. The normalized spacial score (nSPS) is 9.65. The minimum absolute atomic E-state index is 0.265. The summed E-state index contributed by atoms with van der Waals surface area (Å²) in [6, 6.07) is 4.50. The topological polar surface area (TPSA) is 55.8 Å². The van der Waals surface area contributed by atoms with Gasteiger partial charge in [-0.15, -0.1) is 0 Å². The number of amides is 1. The molecule has 1 amide bonds. The molecule has 92 valence electrons. The van der Waals surface area contributed by atoms with E-state index < -0.39 is 12.1 Å². The van der Waals surface area contributed by atoms with Crippen LogP contribution in [-0.4, -0.2) is 33.3 Å². The Hall–Kier alpha value is -1.75. The molecule has 0 unspecified atom stereocenters. The number of ether oxygens (including phenoxy) is 2. The summed E-state index contributed by atoms with van der Waals surface area (Å²) in [6.07, 6.45) is -0.544. The third kappa shape index (κ3) is 2.88. The van der Waals surface area contributed by atoms with Gasteiger partial charge in [-0.05, 0) is 18.2 Å². The van der Waals surface area contributed by atoms with E-state index in [1.165, 1.54) is 38.3 Å². The predicted octanol–water partition coefficient (Wildman–Crippen LogP) is 2.33. The maximum Gasteiger partial charge on any atom is 0.413 e. The number of hydrogen-bond acceptors (Lipinski definition) is 4. The van der Waals surface area contributed by atoms with Crippen LogP contribution in [0.5, 0.6) is 0 Å². The fourth-order valence-electron chi connectivity index (χ4n) is 1.26. The molecule has 0 heterocycles. The smallest absolute Gasteiger partial charge is 0.413 e. The maximum atomic E-state index is 11.3. The average Bonchev–Trinajstić information content (AvgIpc) is 2.35. The molecule has 0 aliphatic carbocycles. The van der Waals surface area contributed by atoms with Gasteiger partial charge in [0.1, 0.15) is 0 Å². The molecule has 0 saturated carbocycles. The molecule has 0 bridgehead atoms. The van der Waals surface area contributed by atoms with Gasteiger partial charge in [0.2, 0.25) is 0 Å². The van der Waals surface area contributed by atoms with Gasteiger partial charge in [0.25, 0.3) is 0 Å². The number of carbonyl (C=O) groups excluding carboxylic acids is 2. The Kier molecular flexibility index (Phi) is 4.34. The molecule has 0 saturated heterocycles. The highest BCUT2D eigenvalue weighted by molar-refractivity contribution is 6.34. The van der Waals surface area contributed by atoms with Crippen molar-refractivity contribution in [2.24, 2.45) is 0 Å². The van der Waals surface area contributed by atoms with Crippen molar-refractivity contribution in [2.75, 3.05) is 26.2 Å². The number of halogens is 1. The largest absolute Gasteiger partial charge is 0.465 e. The lowest BCUT2D eigenvalue weighted by Gasteiger charge is -2.17. The number of esters is 1. The molecule has 0 aromatic heterocycles. The molecule has 0 atom stereocenters. The minimum atomic E-state index is -0.544. The average molecular weight is 258 g/mol. The lowest BCUT2D eigenvalue weighted by molar-refractivity contribution is 0.0600. The highest BCUT2D eigenvalue weighted by Gasteiger charge is 2.16. The SMILES string of the molecule is COC(=O)c1ccc(N(C)C(=O)OC)c(Cl)c1. The van der Waals surface area contributed by atoms with E-state index in [4.69, 9.17) is 11.6 Å². The van der Waals surface area contributed by atoms with Gasteiger partial charge in [0.15, 0.2) is 0 Å². The molecule has 0 aliphatic heterocycles. The zero-order valence-electron chi connectivity index (χ0n) is 9.69. The summed E-state index contributed by atoms with van der Waals surface area (Å²) < 4.78 is 9.11. The van der Waals surface area contributed by atoms with E-state index in [0.29, 0.717) is 11.3 Å². The van der Waals surface area contributed by atoms with Gasteiger partial charge < -0.3 is 9.47 Å². The van der Waals surface area contributed by atoms with E-state index in [1.54, 1.807) is 6.07 Å². The Balaban J connectivity index is 3.05. The Morgan fingerprint density at radius 3 is 2.35 bits per heavy atom. The van der Waals surface area contributed by atoms with Gasteiger partial charge in [-0.2, -0.15) is 0 Å². The molecule has 0 N–H and O–H groups in total. The summed E-state index contributed by atoms with van der Waals surface area (Å²) in [6.45, 7) is 0. The fourth-order valence-corrected chi connectivity index (χ4v) is 1.57. The van der Waals surface area contributed by atoms with Crippen LogP contribution in [0.15, 0.2) is 18.2 Å². The van der Waals surface area contributed by atoms with Crippen LogP contribution in [0.4, 0.5) is 10.5 Å².